The number of benzene rings is 8. The first kappa shape index (κ1) is 22.8. The van der Waals surface area contributed by atoms with Crippen LogP contribution in [0.3, 0.4) is 0 Å². The SMILES string of the molecule is c1ccc2cc3c(-c4ccc5sc6ccccc6c5c4-c4cccc5cc6ccccc6cc45)cccc3cc2c1. The summed E-state index contributed by atoms with van der Waals surface area (Å²) in [6.45, 7) is 0. The van der Waals surface area contributed by atoms with E-state index in [-0.39, 0.29) is 0 Å². The van der Waals surface area contributed by atoms with Gasteiger partial charge in [-0.3, -0.25) is 0 Å². The molecule has 0 atom stereocenters. The summed E-state index contributed by atoms with van der Waals surface area (Å²) in [5, 5.41) is 12.9. The third-order valence-electron chi connectivity index (χ3n) is 8.60. The molecule has 0 saturated heterocycles. The molecule has 0 nitrogen and oxygen atoms in total. The largest absolute Gasteiger partial charge is 0.135 e. The van der Waals surface area contributed by atoms with Crippen LogP contribution in [0, 0.1) is 0 Å². The Kier molecular flexibility index (Phi) is 4.87. The average Bonchev–Trinajstić information content (AvgIpc) is 3.41. The van der Waals surface area contributed by atoms with Gasteiger partial charge in [0, 0.05) is 20.2 Å². The first-order valence-corrected chi connectivity index (χ1v) is 14.9. The van der Waals surface area contributed by atoms with Crippen molar-refractivity contribution >= 4 is 74.6 Å². The minimum Gasteiger partial charge on any atom is -0.135 e. The highest BCUT2D eigenvalue weighted by atomic mass is 32.1. The number of hydrogen-bond donors (Lipinski definition) is 0. The summed E-state index contributed by atoms with van der Waals surface area (Å²) >= 11 is 1.89. The fourth-order valence-corrected chi connectivity index (χ4v) is 7.82. The van der Waals surface area contributed by atoms with Crippen molar-refractivity contribution in [1.29, 1.82) is 0 Å². The highest BCUT2D eigenvalue weighted by Gasteiger charge is 2.19. The maximum Gasteiger partial charge on any atom is 0.0362 e. The quantitative estimate of drug-likeness (QED) is 0.193. The van der Waals surface area contributed by atoms with E-state index in [1.165, 1.54) is 85.5 Å². The van der Waals surface area contributed by atoms with Crippen LogP contribution >= 0.6 is 11.3 Å². The van der Waals surface area contributed by atoms with Crippen molar-refractivity contribution in [2.75, 3.05) is 0 Å². The summed E-state index contributed by atoms with van der Waals surface area (Å²) in [5.41, 5.74) is 5.16. The van der Waals surface area contributed by atoms with Crippen LogP contribution in [0.5, 0.6) is 0 Å². The molecule has 0 amide bonds. The van der Waals surface area contributed by atoms with E-state index in [9.17, 15) is 0 Å². The monoisotopic (exact) mass is 536 g/mol. The minimum atomic E-state index is 1.27. The summed E-state index contributed by atoms with van der Waals surface area (Å²) in [6, 6.07) is 53.9. The van der Waals surface area contributed by atoms with Gasteiger partial charge in [-0.25, -0.2) is 0 Å². The number of fused-ring (bicyclic) bond motifs is 7. The van der Waals surface area contributed by atoms with Crippen LogP contribution in [0.4, 0.5) is 0 Å². The van der Waals surface area contributed by atoms with Gasteiger partial charge in [-0.2, -0.15) is 0 Å². The van der Waals surface area contributed by atoms with E-state index in [0.717, 1.165) is 0 Å². The van der Waals surface area contributed by atoms with Gasteiger partial charge >= 0.3 is 0 Å². The maximum atomic E-state index is 2.38. The number of rotatable bonds is 2. The molecule has 0 fully saturated rings. The van der Waals surface area contributed by atoms with E-state index in [0.29, 0.717) is 0 Å². The smallest absolute Gasteiger partial charge is 0.0362 e. The van der Waals surface area contributed by atoms with Gasteiger partial charge in [0.1, 0.15) is 0 Å². The summed E-state index contributed by atoms with van der Waals surface area (Å²) in [5.74, 6) is 0. The highest BCUT2D eigenvalue weighted by molar-refractivity contribution is 7.26. The molecule has 9 aromatic rings. The molecule has 190 valence electrons. The molecular weight excluding hydrogens is 513 g/mol. The van der Waals surface area contributed by atoms with Gasteiger partial charge < -0.3 is 0 Å². The Bertz CT molecular complexity index is 2480. The van der Waals surface area contributed by atoms with Crippen LogP contribution < -0.4 is 0 Å². The second-order valence-corrected chi connectivity index (χ2v) is 12.0. The van der Waals surface area contributed by atoms with Gasteiger partial charge in [-0.15, -0.1) is 11.3 Å². The van der Waals surface area contributed by atoms with Gasteiger partial charge in [0.05, 0.1) is 0 Å². The maximum absolute atomic E-state index is 2.38. The van der Waals surface area contributed by atoms with Crippen LogP contribution in [-0.4, -0.2) is 0 Å². The van der Waals surface area contributed by atoms with Crippen molar-refractivity contribution in [3.05, 3.63) is 146 Å². The second-order valence-electron chi connectivity index (χ2n) is 10.9. The van der Waals surface area contributed by atoms with Crippen molar-refractivity contribution in [2.45, 2.75) is 0 Å². The van der Waals surface area contributed by atoms with Crippen LogP contribution in [0.2, 0.25) is 0 Å². The molecule has 0 aliphatic rings. The number of thiophene rings is 1. The summed E-state index contributed by atoms with van der Waals surface area (Å²) in [4.78, 5) is 0. The lowest BCUT2D eigenvalue weighted by Gasteiger charge is -2.17. The molecule has 0 saturated carbocycles. The predicted molar refractivity (Wildman–Crippen MR) is 180 cm³/mol. The molecular formula is C40H24S. The third-order valence-corrected chi connectivity index (χ3v) is 9.73. The van der Waals surface area contributed by atoms with Crippen molar-refractivity contribution in [3.8, 4) is 22.3 Å². The molecule has 1 aromatic heterocycles. The fraction of sp³-hybridized carbons (Fsp3) is 0. The summed E-state index contributed by atoms with van der Waals surface area (Å²) < 4.78 is 2.66. The molecule has 0 N–H and O–H groups in total. The van der Waals surface area contributed by atoms with Gasteiger partial charge in [-0.05, 0) is 102 Å². The third kappa shape index (κ3) is 3.46. The zero-order valence-corrected chi connectivity index (χ0v) is 23.1. The van der Waals surface area contributed by atoms with Crippen molar-refractivity contribution in [2.24, 2.45) is 0 Å². The first-order valence-electron chi connectivity index (χ1n) is 14.1. The molecule has 0 spiro atoms. The second kappa shape index (κ2) is 8.76. The Labute approximate surface area is 241 Å². The molecule has 0 aliphatic carbocycles. The topological polar surface area (TPSA) is 0 Å². The zero-order valence-electron chi connectivity index (χ0n) is 22.3. The van der Waals surface area contributed by atoms with Gasteiger partial charge in [0.2, 0.25) is 0 Å². The Morgan fingerprint density at radius 3 is 1.54 bits per heavy atom. The standard InChI is InChI=1S/C40H24S/c1-3-11-27-23-35-29(21-25(27)9-1)13-7-16-31(35)33-19-20-38-40(34-15-5-6-18-37(34)41-38)39(33)32-17-8-14-30-22-26-10-2-4-12-28(26)24-36(30)32/h1-24H. The van der Waals surface area contributed by atoms with Gasteiger partial charge in [0.25, 0.3) is 0 Å². The van der Waals surface area contributed by atoms with E-state index in [1.807, 2.05) is 11.3 Å². The molecule has 9 rings (SSSR count). The van der Waals surface area contributed by atoms with E-state index in [4.69, 9.17) is 0 Å². The van der Waals surface area contributed by atoms with Crippen molar-refractivity contribution < 1.29 is 0 Å². The Morgan fingerprint density at radius 1 is 0.317 bits per heavy atom. The molecule has 0 aliphatic heterocycles. The minimum absolute atomic E-state index is 1.27. The van der Waals surface area contributed by atoms with E-state index in [1.54, 1.807) is 0 Å². The van der Waals surface area contributed by atoms with Gasteiger partial charge in [0.15, 0.2) is 0 Å². The zero-order chi connectivity index (χ0) is 26.9. The highest BCUT2D eigenvalue weighted by Crippen LogP contribution is 2.48. The van der Waals surface area contributed by atoms with Crippen LogP contribution in [-0.2, 0) is 0 Å². The van der Waals surface area contributed by atoms with E-state index < -0.39 is 0 Å². The first-order chi connectivity index (χ1) is 20.3. The van der Waals surface area contributed by atoms with Crippen LogP contribution in [0.1, 0.15) is 0 Å². The lowest BCUT2D eigenvalue weighted by Crippen LogP contribution is -1.90. The summed E-state index contributed by atoms with van der Waals surface area (Å²) in [6.07, 6.45) is 0. The average molecular weight is 537 g/mol. The normalized spacial score (nSPS) is 11.9. The lowest BCUT2D eigenvalue weighted by atomic mass is 9.86. The molecule has 1 heteroatoms. The number of hydrogen-bond acceptors (Lipinski definition) is 1. The molecule has 0 bridgehead atoms. The van der Waals surface area contributed by atoms with E-state index >= 15 is 0 Å². The van der Waals surface area contributed by atoms with E-state index in [2.05, 4.69) is 146 Å². The molecule has 8 aromatic carbocycles. The molecule has 0 unspecified atom stereocenters. The Balaban J connectivity index is 1.46. The van der Waals surface area contributed by atoms with Crippen molar-refractivity contribution in [1.82, 2.24) is 0 Å². The molecule has 1 heterocycles. The Morgan fingerprint density at radius 2 is 0.854 bits per heavy atom. The molecule has 41 heavy (non-hydrogen) atoms. The summed E-state index contributed by atoms with van der Waals surface area (Å²) in [7, 11) is 0. The fourth-order valence-electron chi connectivity index (χ4n) is 6.71. The van der Waals surface area contributed by atoms with Crippen LogP contribution in [0.15, 0.2) is 146 Å². The Hall–Kier alpha value is -4.98. The van der Waals surface area contributed by atoms with Gasteiger partial charge in [-0.1, -0.05) is 109 Å². The lowest BCUT2D eigenvalue weighted by molar-refractivity contribution is 1.68. The molecule has 0 radical (unpaired) electrons. The predicted octanol–water partition coefficient (Wildman–Crippen LogP) is 12.0. The van der Waals surface area contributed by atoms with Crippen LogP contribution in [0.25, 0.3) is 85.5 Å². The van der Waals surface area contributed by atoms with Crippen molar-refractivity contribution in [3.63, 3.8) is 0 Å².